The molecule has 2 amide bonds. The summed E-state index contributed by atoms with van der Waals surface area (Å²) in [6, 6.07) is 4.61. The molecule has 1 saturated heterocycles. The average molecular weight is 477 g/mol. The smallest absolute Gasteiger partial charge is 0.353 e. The Hall–Kier alpha value is -2.05. The minimum atomic E-state index is -4.42. The van der Waals surface area contributed by atoms with E-state index >= 15 is 0 Å². The second kappa shape index (κ2) is 8.87. The first kappa shape index (κ1) is 23.7. The highest BCUT2D eigenvalue weighted by molar-refractivity contribution is 5.94. The predicted molar refractivity (Wildman–Crippen MR) is 123 cm³/mol. The van der Waals surface area contributed by atoms with Crippen LogP contribution in [0.15, 0.2) is 24.3 Å². The van der Waals surface area contributed by atoms with Crippen LogP contribution in [0.5, 0.6) is 0 Å². The molecule has 6 rings (SSSR count). The predicted octanol–water partition coefficient (Wildman–Crippen LogP) is 5.67. The normalized spacial score (nSPS) is 32.0. The first-order valence-corrected chi connectivity index (χ1v) is 12.9. The van der Waals surface area contributed by atoms with Gasteiger partial charge in [0.1, 0.15) is 0 Å². The molecule has 1 aromatic carbocycles. The second-order valence-electron chi connectivity index (χ2n) is 11.4. The molecule has 4 nitrogen and oxygen atoms in total. The minimum Gasteiger partial charge on any atom is -0.353 e. The Morgan fingerprint density at radius 2 is 1.53 bits per heavy atom. The van der Waals surface area contributed by atoms with E-state index in [0.717, 1.165) is 36.3 Å². The highest BCUT2D eigenvalue weighted by atomic mass is 19.4. The minimum absolute atomic E-state index is 0.111. The largest absolute Gasteiger partial charge is 0.416 e. The third-order valence-electron chi connectivity index (χ3n) is 9.16. The van der Waals surface area contributed by atoms with Crippen molar-refractivity contribution in [2.75, 3.05) is 13.1 Å². The molecule has 4 bridgehead atoms. The number of carbonyl (C=O) groups is 2. The van der Waals surface area contributed by atoms with Crippen LogP contribution >= 0.6 is 0 Å². The van der Waals surface area contributed by atoms with Crippen molar-refractivity contribution in [3.63, 3.8) is 0 Å². The summed E-state index contributed by atoms with van der Waals surface area (Å²) in [5.74, 6) is 2.27. The van der Waals surface area contributed by atoms with E-state index in [4.69, 9.17) is 0 Å². The maximum Gasteiger partial charge on any atom is 0.416 e. The zero-order chi connectivity index (χ0) is 24.1. The fourth-order valence-electron chi connectivity index (χ4n) is 7.91. The zero-order valence-corrected chi connectivity index (χ0v) is 19.9. The number of rotatable bonds is 5. The maximum atomic E-state index is 13.2. The molecule has 4 saturated carbocycles. The van der Waals surface area contributed by atoms with E-state index < -0.39 is 11.7 Å². The lowest BCUT2D eigenvalue weighted by Crippen LogP contribution is -2.57. The molecule has 0 radical (unpaired) electrons. The lowest BCUT2D eigenvalue weighted by molar-refractivity contribution is -0.137. The van der Waals surface area contributed by atoms with Gasteiger partial charge in [-0.25, -0.2) is 0 Å². The first-order chi connectivity index (χ1) is 16.2. The van der Waals surface area contributed by atoms with Gasteiger partial charge in [0.15, 0.2) is 0 Å². The van der Waals surface area contributed by atoms with Crippen LogP contribution in [0, 0.1) is 29.1 Å². The van der Waals surface area contributed by atoms with Gasteiger partial charge in [0.2, 0.25) is 5.91 Å². The average Bonchev–Trinajstić information content (AvgIpc) is 2.80. The molecular weight excluding hydrogens is 441 g/mol. The van der Waals surface area contributed by atoms with Crippen molar-refractivity contribution in [2.24, 2.45) is 29.1 Å². The van der Waals surface area contributed by atoms with E-state index in [0.29, 0.717) is 25.9 Å². The van der Waals surface area contributed by atoms with Crippen LogP contribution in [-0.4, -0.2) is 35.8 Å². The van der Waals surface area contributed by atoms with Crippen LogP contribution in [0.4, 0.5) is 13.2 Å². The molecule has 1 N–H and O–H groups in total. The molecule has 1 aliphatic heterocycles. The molecule has 4 aliphatic carbocycles. The summed E-state index contributed by atoms with van der Waals surface area (Å²) in [6.07, 6.45) is 5.67. The lowest BCUT2D eigenvalue weighted by Gasteiger charge is -2.59. The number of hydrogen-bond acceptors (Lipinski definition) is 2. The number of likely N-dealkylation sites (tertiary alicyclic amines) is 1. The second-order valence-corrected chi connectivity index (χ2v) is 11.4. The third-order valence-corrected chi connectivity index (χ3v) is 9.16. The fraction of sp³-hybridized carbons (Fsp3) is 0.704. The van der Waals surface area contributed by atoms with Gasteiger partial charge in [0, 0.05) is 30.6 Å². The Morgan fingerprint density at radius 1 is 1.00 bits per heavy atom. The summed E-state index contributed by atoms with van der Waals surface area (Å²) in [5, 5.41) is 3.44. The Balaban J connectivity index is 1.16. The molecule has 1 heterocycles. The third kappa shape index (κ3) is 4.47. The van der Waals surface area contributed by atoms with Gasteiger partial charge in [0.25, 0.3) is 5.91 Å². The number of carbonyl (C=O) groups excluding carboxylic acids is 2. The lowest BCUT2D eigenvalue weighted by atomic mass is 9.47. The molecule has 1 unspecified atom stereocenters. The summed E-state index contributed by atoms with van der Waals surface area (Å²) in [6.45, 7) is 3.09. The van der Waals surface area contributed by atoms with Gasteiger partial charge in [0.05, 0.1) is 5.56 Å². The van der Waals surface area contributed by atoms with E-state index in [-0.39, 0.29) is 34.8 Å². The highest BCUT2D eigenvalue weighted by Gasteiger charge is 2.54. The van der Waals surface area contributed by atoms with Gasteiger partial charge in [-0.05, 0) is 105 Å². The van der Waals surface area contributed by atoms with E-state index in [1.165, 1.54) is 50.7 Å². The van der Waals surface area contributed by atoms with Gasteiger partial charge >= 0.3 is 6.18 Å². The van der Waals surface area contributed by atoms with E-state index in [1.54, 1.807) is 4.90 Å². The SMILES string of the molecule is CCC(NC(=O)C1CCN(C(=O)c2ccc(C(F)(F)F)cc2)CC1)C12CC3CC(CC(C3)C1)C2. The van der Waals surface area contributed by atoms with Crippen molar-refractivity contribution in [1.82, 2.24) is 10.2 Å². The number of nitrogens with one attached hydrogen (secondary N) is 1. The zero-order valence-electron chi connectivity index (χ0n) is 19.9. The monoisotopic (exact) mass is 476 g/mol. The van der Waals surface area contributed by atoms with Crippen LogP contribution in [0.2, 0.25) is 0 Å². The van der Waals surface area contributed by atoms with Crippen molar-refractivity contribution in [2.45, 2.75) is 76.9 Å². The number of piperidine rings is 1. The molecular formula is C27H35F3N2O2. The topological polar surface area (TPSA) is 49.4 Å². The van der Waals surface area contributed by atoms with Gasteiger partial charge < -0.3 is 10.2 Å². The number of nitrogens with zero attached hydrogens (tertiary/aromatic N) is 1. The molecule has 34 heavy (non-hydrogen) atoms. The number of hydrogen-bond donors (Lipinski definition) is 1. The van der Waals surface area contributed by atoms with Gasteiger partial charge in [-0.1, -0.05) is 6.92 Å². The van der Waals surface area contributed by atoms with Crippen molar-refractivity contribution in [3.8, 4) is 0 Å². The van der Waals surface area contributed by atoms with Crippen LogP contribution in [-0.2, 0) is 11.0 Å². The summed E-state index contributed by atoms with van der Waals surface area (Å²) >= 11 is 0. The number of alkyl halides is 3. The number of halogens is 3. The van der Waals surface area contributed by atoms with Gasteiger partial charge in [-0.3, -0.25) is 9.59 Å². The summed E-state index contributed by atoms with van der Waals surface area (Å²) in [5.41, 5.74) is -0.231. The molecule has 7 heteroatoms. The van der Waals surface area contributed by atoms with Crippen LogP contribution in [0.1, 0.15) is 80.6 Å². The molecule has 5 aliphatic rings. The molecule has 1 atom stereocenters. The quantitative estimate of drug-likeness (QED) is 0.595. The number of amides is 2. The fourth-order valence-corrected chi connectivity index (χ4v) is 7.91. The summed E-state index contributed by atoms with van der Waals surface area (Å²) < 4.78 is 38.4. The molecule has 1 aromatic rings. The van der Waals surface area contributed by atoms with Crippen molar-refractivity contribution >= 4 is 11.8 Å². The van der Waals surface area contributed by atoms with Crippen molar-refractivity contribution in [3.05, 3.63) is 35.4 Å². The summed E-state index contributed by atoms with van der Waals surface area (Å²) in [7, 11) is 0. The number of benzene rings is 1. The molecule has 0 aromatic heterocycles. The Kier molecular flexibility index (Phi) is 6.18. The van der Waals surface area contributed by atoms with E-state index in [1.807, 2.05) is 0 Å². The van der Waals surface area contributed by atoms with E-state index in [2.05, 4.69) is 12.2 Å². The molecule has 0 spiro atoms. The summed E-state index contributed by atoms with van der Waals surface area (Å²) in [4.78, 5) is 27.6. The van der Waals surface area contributed by atoms with Gasteiger partial charge in [-0.15, -0.1) is 0 Å². The molecule has 5 fully saturated rings. The van der Waals surface area contributed by atoms with Crippen molar-refractivity contribution in [1.29, 1.82) is 0 Å². The first-order valence-electron chi connectivity index (χ1n) is 12.9. The Bertz CT molecular complexity index is 884. The van der Waals surface area contributed by atoms with Crippen molar-refractivity contribution < 1.29 is 22.8 Å². The maximum absolute atomic E-state index is 13.2. The highest BCUT2D eigenvalue weighted by Crippen LogP contribution is 2.61. The van der Waals surface area contributed by atoms with Gasteiger partial charge in [-0.2, -0.15) is 13.2 Å². The molecule has 186 valence electrons. The van der Waals surface area contributed by atoms with E-state index in [9.17, 15) is 22.8 Å². The Labute approximate surface area is 199 Å². The standard InChI is InChI=1S/C27H35F3N2O2/c1-2-23(26-14-17-11-18(15-26)13-19(12-17)16-26)31-24(33)20-7-9-32(10-8-20)25(34)21-3-5-22(6-4-21)27(28,29)30/h3-6,17-20,23H,2,7-16H2,1H3,(H,31,33). The Morgan fingerprint density at radius 3 is 2.00 bits per heavy atom. The van der Waals surface area contributed by atoms with Crippen LogP contribution in [0.3, 0.4) is 0 Å². The van der Waals surface area contributed by atoms with Crippen LogP contribution < -0.4 is 5.32 Å². The van der Waals surface area contributed by atoms with Crippen LogP contribution in [0.25, 0.3) is 0 Å².